The fourth-order valence-corrected chi connectivity index (χ4v) is 4.86. The number of piperidine rings is 1. The molecule has 0 spiro atoms. The SMILES string of the molecule is CC(c1ccccn1)C(NC(=O)[C@@H]1[C@@H]2[C@H](CN1C(=O)C(N)C(C)(C)C)C2(C)C)C(N)=O. The average molecular weight is 430 g/mol. The highest BCUT2D eigenvalue weighted by molar-refractivity contribution is 5.94. The summed E-state index contributed by atoms with van der Waals surface area (Å²) in [5.41, 5.74) is 12.1. The molecular weight excluding hydrogens is 394 g/mol. The predicted octanol–water partition coefficient (Wildman–Crippen LogP) is 1.01. The van der Waals surface area contributed by atoms with E-state index in [-0.39, 0.29) is 29.1 Å². The van der Waals surface area contributed by atoms with E-state index in [1.165, 1.54) is 0 Å². The molecule has 0 aromatic carbocycles. The van der Waals surface area contributed by atoms with Gasteiger partial charge in [-0.15, -0.1) is 0 Å². The third kappa shape index (κ3) is 4.18. The third-order valence-electron chi connectivity index (χ3n) is 7.22. The zero-order valence-corrected chi connectivity index (χ0v) is 19.3. The number of primary amides is 1. The Morgan fingerprint density at radius 2 is 1.90 bits per heavy atom. The number of likely N-dealkylation sites (tertiary alicyclic amines) is 1. The lowest BCUT2D eigenvalue weighted by Gasteiger charge is -2.36. The second kappa shape index (κ2) is 7.89. The fourth-order valence-electron chi connectivity index (χ4n) is 4.86. The van der Waals surface area contributed by atoms with Crippen LogP contribution in [0.3, 0.4) is 0 Å². The van der Waals surface area contributed by atoms with Crippen molar-refractivity contribution >= 4 is 17.7 Å². The summed E-state index contributed by atoms with van der Waals surface area (Å²) in [6.45, 7) is 12.2. The fraction of sp³-hybridized carbons (Fsp3) is 0.652. The van der Waals surface area contributed by atoms with Crippen LogP contribution in [0.2, 0.25) is 0 Å². The van der Waals surface area contributed by atoms with Crippen molar-refractivity contribution in [2.75, 3.05) is 6.54 Å². The Kier molecular flexibility index (Phi) is 5.90. The van der Waals surface area contributed by atoms with Crippen molar-refractivity contribution in [1.29, 1.82) is 0 Å². The van der Waals surface area contributed by atoms with Gasteiger partial charge in [0.2, 0.25) is 17.7 Å². The van der Waals surface area contributed by atoms with Crippen LogP contribution >= 0.6 is 0 Å². The molecule has 3 unspecified atom stereocenters. The van der Waals surface area contributed by atoms with Gasteiger partial charge in [0.15, 0.2) is 0 Å². The van der Waals surface area contributed by atoms with Gasteiger partial charge in [-0.25, -0.2) is 0 Å². The van der Waals surface area contributed by atoms with Crippen LogP contribution in [-0.2, 0) is 14.4 Å². The van der Waals surface area contributed by atoms with Gasteiger partial charge in [0, 0.05) is 24.4 Å². The van der Waals surface area contributed by atoms with E-state index >= 15 is 0 Å². The normalized spacial score (nSPS) is 27.1. The van der Waals surface area contributed by atoms with Crippen LogP contribution in [0.1, 0.15) is 53.2 Å². The number of nitrogens with one attached hydrogen (secondary N) is 1. The summed E-state index contributed by atoms with van der Waals surface area (Å²) in [5, 5.41) is 2.83. The van der Waals surface area contributed by atoms with Crippen molar-refractivity contribution in [2.24, 2.45) is 34.1 Å². The number of hydrogen-bond acceptors (Lipinski definition) is 5. The Morgan fingerprint density at radius 1 is 1.26 bits per heavy atom. The number of nitrogens with two attached hydrogens (primary N) is 2. The summed E-state index contributed by atoms with van der Waals surface area (Å²) in [6.07, 6.45) is 1.63. The molecule has 5 N–H and O–H groups in total. The summed E-state index contributed by atoms with van der Waals surface area (Å²) in [5.74, 6) is -1.38. The highest BCUT2D eigenvalue weighted by atomic mass is 16.2. The molecule has 0 bridgehead atoms. The van der Waals surface area contributed by atoms with Crippen LogP contribution < -0.4 is 16.8 Å². The molecule has 2 heterocycles. The van der Waals surface area contributed by atoms with Crippen LogP contribution in [0.25, 0.3) is 0 Å². The summed E-state index contributed by atoms with van der Waals surface area (Å²) in [7, 11) is 0. The minimum absolute atomic E-state index is 0.0299. The molecule has 3 rings (SSSR count). The zero-order chi connectivity index (χ0) is 23.3. The third-order valence-corrected chi connectivity index (χ3v) is 7.22. The van der Waals surface area contributed by atoms with Crippen LogP contribution in [0.5, 0.6) is 0 Å². The van der Waals surface area contributed by atoms with E-state index in [4.69, 9.17) is 11.5 Å². The lowest BCUT2D eigenvalue weighted by atomic mass is 9.86. The van der Waals surface area contributed by atoms with E-state index in [1.807, 2.05) is 26.8 Å². The molecule has 1 saturated carbocycles. The number of carbonyl (C=O) groups is 3. The number of fused-ring (bicyclic) bond motifs is 1. The van der Waals surface area contributed by atoms with E-state index in [9.17, 15) is 14.4 Å². The quantitative estimate of drug-likeness (QED) is 0.621. The van der Waals surface area contributed by atoms with Crippen LogP contribution in [0.15, 0.2) is 24.4 Å². The van der Waals surface area contributed by atoms with Crippen LogP contribution in [-0.4, -0.2) is 52.3 Å². The summed E-state index contributed by atoms with van der Waals surface area (Å²) >= 11 is 0. The average Bonchev–Trinajstić information content (AvgIpc) is 3.04. The molecule has 8 heteroatoms. The largest absolute Gasteiger partial charge is 0.368 e. The van der Waals surface area contributed by atoms with Gasteiger partial charge in [-0.05, 0) is 34.8 Å². The Bertz CT molecular complexity index is 864. The van der Waals surface area contributed by atoms with E-state index in [2.05, 4.69) is 24.1 Å². The van der Waals surface area contributed by atoms with Crippen molar-refractivity contribution in [3.63, 3.8) is 0 Å². The Morgan fingerprint density at radius 3 is 2.42 bits per heavy atom. The highest BCUT2D eigenvalue weighted by Gasteiger charge is 2.69. The molecule has 3 amide bonds. The Labute approximate surface area is 184 Å². The standard InChI is InChI=1S/C23H35N5O3/c1-12(14-9-7-8-10-26-14)16(19(25)29)27-20(30)17-15-13(23(15,5)6)11-28(17)21(31)18(24)22(2,3)4/h7-10,12-13,15-18H,11,24H2,1-6H3,(H2,25,29)(H,27,30)/t12?,13-,15-,16?,17-,18?/m0/s1. The van der Waals surface area contributed by atoms with Gasteiger partial charge >= 0.3 is 0 Å². The number of amides is 3. The van der Waals surface area contributed by atoms with Crippen LogP contribution in [0, 0.1) is 22.7 Å². The summed E-state index contributed by atoms with van der Waals surface area (Å²) < 4.78 is 0. The molecule has 1 aliphatic heterocycles. The van der Waals surface area contributed by atoms with Gasteiger partial charge in [0.05, 0.1) is 6.04 Å². The minimum Gasteiger partial charge on any atom is -0.368 e. The molecule has 170 valence electrons. The van der Waals surface area contributed by atoms with Crippen molar-refractivity contribution < 1.29 is 14.4 Å². The van der Waals surface area contributed by atoms with E-state index in [1.54, 1.807) is 30.2 Å². The van der Waals surface area contributed by atoms with Gasteiger partial charge in [-0.2, -0.15) is 0 Å². The number of rotatable bonds is 6. The smallest absolute Gasteiger partial charge is 0.243 e. The molecule has 31 heavy (non-hydrogen) atoms. The van der Waals surface area contributed by atoms with E-state index < -0.39 is 35.4 Å². The number of nitrogens with zero attached hydrogens (tertiary/aromatic N) is 2. The maximum atomic E-state index is 13.4. The van der Waals surface area contributed by atoms with Gasteiger partial charge in [-0.1, -0.05) is 47.6 Å². The van der Waals surface area contributed by atoms with Crippen LogP contribution in [0.4, 0.5) is 0 Å². The van der Waals surface area contributed by atoms with Gasteiger partial charge in [-0.3, -0.25) is 19.4 Å². The number of pyridine rings is 1. The lowest BCUT2D eigenvalue weighted by molar-refractivity contribution is -0.143. The maximum Gasteiger partial charge on any atom is 0.243 e. The molecule has 1 aliphatic carbocycles. The van der Waals surface area contributed by atoms with Gasteiger partial charge in [0.1, 0.15) is 12.1 Å². The molecule has 1 aromatic heterocycles. The molecule has 1 saturated heterocycles. The minimum atomic E-state index is -0.934. The predicted molar refractivity (Wildman–Crippen MR) is 117 cm³/mol. The van der Waals surface area contributed by atoms with Crippen molar-refractivity contribution in [3.8, 4) is 0 Å². The van der Waals surface area contributed by atoms with Gasteiger partial charge in [0.25, 0.3) is 0 Å². The second-order valence-electron chi connectivity index (χ2n) is 10.7. The van der Waals surface area contributed by atoms with Gasteiger partial charge < -0.3 is 21.7 Å². The Hall–Kier alpha value is -2.48. The second-order valence-corrected chi connectivity index (χ2v) is 10.7. The Balaban J connectivity index is 1.84. The number of carbonyl (C=O) groups excluding carboxylic acids is 3. The lowest BCUT2D eigenvalue weighted by Crippen LogP contribution is -2.59. The molecule has 0 radical (unpaired) electrons. The molecule has 2 aliphatic rings. The first-order chi connectivity index (χ1) is 14.3. The van der Waals surface area contributed by atoms with E-state index in [0.29, 0.717) is 12.2 Å². The number of aromatic nitrogens is 1. The first kappa shape index (κ1) is 23.2. The van der Waals surface area contributed by atoms with Crippen molar-refractivity contribution in [1.82, 2.24) is 15.2 Å². The summed E-state index contributed by atoms with van der Waals surface area (Å²) in [6, 6.07) is 3.07. The van der Waals surface area contributed by atoms with Crippen molar-refractivity contribution in [2.45, 2.75) is 65.6 Å². The van der Waals surface area contributed by atoms with Crippen molar-refractivity contribution in [3.05, 3.63) is 30.1 Å². The molecule has 8 nitrogen and oxygen atoms in total. The first-order valence-electron chi connectivity index (χ1n) is 10.8. The monoisotopic (exact) mass is 429 g/mol. The van der Waals surface area contributed by atoms with E-state index in [0.717, 1.165) is 0 Å². The maximum absolute atomic E-state index is 13.4. The molecule has 6 atom stereocenters. The molecular formula is C23H35N5O3. The number of hydrogen-bond donors (Lipinski definition) is 3. The molecule has 2 fully saturated rings. The molecule has 1 aromatic rings. The first-order valence-corrected chi connectivity index (χ1v) is 10.8. The topological polar surface area (TPSA) is 131 Å². The zero-order valence-electron chi connectivity index (χ0n) is 19.3. The highest BCUT2D eigenvalue weighted by Crippen LogP contribution is 2.65. The summed E-state index contributed by atoms with van der Waals surface area (Å²) in [4.78, 5) is 44.7.